The van der Waals surface area contributed by atoms with Crippen molar-refractivity contribution in [2.24, 2.45) is 11.8 Å². The van der Waals surface area contributed by atoms with Crippen LogP contribution in [0.25, 0.3) is 16.8 Å². The molecule has 14 nitrogen and oxygen atoms in total. The quantitative estimate of drug-likeness (QED) is 0.133. The lowest BCUT2D eigenvalue weighted by atomic mass is 9.92. The molecule has 4 N–H and O–H groups in total. The molecule has 1 unspecified atom stereocenters. The van der Waals surface area contributed by atoms with Crippen LogP contribution in [0.2, 0.25) is 0 Å². The van der Waals surface area contributed by atoms with Crippen LogP contribution in [0.15, 0.2) is 85.3 Å². The van der Waals surface area contributed by atoms with Gasteiger partial charge in [-0.1, -0.05) is 24.3 Å². The number of rotatable bonds is 12. The lowest BCUT2D eigenvalue weighted by Crippen LogP contribution is -2.52. The summed E-state index contributed by atoms with van der Waals surface area (Å²) in [6.07, 6.45) is 9.53. The molecule has 3 aromatic carbocycles. The number of nitrogens with one attached hydrogen (secondary N) is 2. The van der Waals surface area contributed by atoms with Crippen LogP contribution in [0, 0.1) is 17.7 Å². The summed E-state index contributed by atoms with van der Waals surface area (Å²) in [5, 5.41) is 13.6. The van der Waals surface area contributed by atoms with Gasteiger partial charge in [-0.3, -0.25) is 24.6 Å². The Morgan fingerprint density at radius 3 is 2.42 bits per heavy atom. The van der Waals surface area contributed by atoms with Crippen LogP contribution < -0.4 is 26.0 Å². The Kier molecular flexibility index (Phi) is 12.0. The van der Waals surface area contributed by atoms with Crippen LogP contribution in [0.1, 0.15) is 78.6 Å². The largest absolute Gasteiger partial charge is 0.482 e. The van der Waals surface area contributed by atoms with Crippen molar-refractivity contribution in [3.63, 3.8) is 0 Å². The number of hydrogen-bond acceptors (Lipinski definition) is 11. The molecule has 3 fully saturated rings. The van der Waals surface area contributed by atoms with Crippen LogP contribution in [0.5, 0.6) is 5.75 Å². The number of amides is 3. The smallest absolute Gasteiger partial charge is 0.252 e. The minimum absolute atomic E-state index is 0.223. The van der Waals surface area contributed by atoms with Gasteiger partial charge in [0.15, 0.2) is 11.6 Å². The van der Waals surface area contributed by atoms with Crippen LogP contribution in [0.4, 0.5) is 15.9 Å². The first-order valence-corrected chi connectivity index (χ1v) is 21.8. The third-order valence-corrected chi connectivity index (χ3v) is 13.0. The Bertz CT molecular complexity index is 2430. The molecular weight excluding hydrogens is 788 g/mol. The normalized spacial score (nSPS) is 19.6. The van der Waals surface area contributed by atoms with Gasteiger partial charge in [-0.25, -0.2) is 9.37 Å². The van der Waals surface area contributed by atoms with E-state index in [4.69, 9.17) is 10.5 Å². The number of piperidine rings is 3. The summed E-state index contributed by atoms with van der Waals surface area (Å²) >= 11 is 0. The number of benzene rings is 3. The van der Waals surface area contributed by atoms with E-state index in [2.05, 4.69) is 58.7 Å². The van der Waals surface area contributed by atoms with Crippen molar-refractivity contribution in [1.82, 2.24) is 40.4 Å². The zero-order valence-corrected chi connectivity index (χ0v) is 35.0. The number of imide groups is 1. The third-order valence-electron chi connectivity index (χ3n) is 13.0. The van der Waals surface area contributed by atoms with E-state index < -0.39 is 18.1 Å². The molecule has 62 heavy (non-hydrogen) atoms. The standard InChI is InChI=1S/C47H53FN10O4/c1-30(39-24-36(48)8-10-42(39)58-51-16-17-52-58)62-43-23-35(25-50-45(43)49)38-7-3-5-34-28-56(29-40(34)38)27-31-12-18-55(19-13-31)26-32-14-20-57(21-15-32)37-6-2-4-33(22-37)46(60)53-41-9-11-44(59)54-47(41)61/h2-8,10,16-17,22-25,30-32,41H,9,11-15,18-21,26-29H2,1H3,(H2,49,50)(H,53,60)(H,54,59,61)/t30-,41?/m1/s1. The predicted molar refractivity (Wildman–Crippen MR) is 233 cm³/mol. The maximum absolute atomic E-state index is 14.4. The highest BCUT2D eigenvalue weighted by atomic mass is 19.1. The topological polar surface area (TPSA) is 164 Å². The molecule has 6 heterocycles. The van der Waals surface area contributed by atoms with Crippen LogP contribution in [0.3, 0.4) is 0 Å². The second-order valence-corrected chi connectivity index (χ2v) is 17.2. The number of carbonyl (C=O) groups is 3. The third kappa shape index (κ3) is 9.19. The summed E-state index contributed by atoms with van der Waals surface area (Å²) in [4.78, 5) is 50.2. The minimum Gasteiger partial charge on any atom is -0.482 e. The van der Waals surface area contributed by atoms with Gasteiger partial charge in [-0.2, -0.15) is 15.0 Å². The molecule has 4 aliphatic heterocycles. The molecule has 3 saturated heterocycles. The Balaban J connectivity index is 0.749. The summed E-state index contributed by atoms with van der Waals surface area (Å²) in [5.74, 6) is 0.560. The molecule has 0 bridgehead atoms. The SMILES string of the molecule is C[C@@H](Oc1cc(-c2cccc3c2CN(CC2CCN(CC4CCN(c5cccc(C(=O)NC6CCC(=O)NC6=O)c5)CC4)CC2)C3)cnc1N)c1cc(F)ccc1-n1nccn1. The molecule has 4 aliphatic rings. The molecule has 0 radical (unpaired) electrons. The molecule has 3 amide bonds. The van der Waals surface area contributed by atoms with Gasteiger partial charge in [-0.15, -0.1) is 0 Å². The van der Waals surface area contributed by atoms with Gasteiger partial charge < -0.3 is 25.6 Å². The molecule has 0 spiro atoms. The fourth-order valence-corrected chi connectivity index (χ4v) is 9.59. The maximum Gasteiger partial charge on any atom is 0.252 e. The van der Waals surface area contributed by atoms with Gasteiger partial charge in [0.05, 0.1) is 18.1 Å². The highest BCUT2D eigenvalue weighted by molar-refractivity contribution is 6.04. The molecule has 0 saturated carbocycles. The van der Waals surface area contributed by atoms with Crippen molar-refractivity contribution < 1.29 is 23.5 Å². The Morgan fingerprint density at radius 1 is 0.903 bits per heavy atom. The lowest BCUT2D eigenvalue weighted by Gasteiger charge is -2.39. The van der Waals surface area contributed by atoms with Crippen molar-refractivity contribution in [3.05, 3.63) is 113 Å². The zero-order valence-electron chi connectivity index (χ0n) is 35.0. The summed E-state index contributed by atoms with van der Waals surface area (Å²) in [7, 11) is 0. The second-order valence-electron chi connectivity index (χ2n) is 17.2. The molecule has 2 aromatic heterocycles. The Hall–Kier alpha value is -6.19. The Morgan fingerprint density at radius 2 is 1.65 bits per heavy atom. The lowest BCUT2D eigenvalue weighted by molar-refractivity contribution is -0.134. The van der Waals surface area contributed by atoms with Crippen molar-refractivity contribution in [2.75, 3.05) is 49.9 Å². The van der Waals surface area contributed by atoms with Crippen molar-refractivity contribution in [2.45, 2.75) is 70.7 Å². The number of halogens is 1. The minimum atomic E-state index is -0.694. The monoisotopic (exact) mass is 840 g/mol. The highest BCUT2D eigenvalue weighted by Crippen LogP contribution is 2.38. The maximum atomic E-state index is 14.4. The number of nitrogens with two attached hydrogens (primary N) is 1. The number of ether oxygens (including phenoxy) is 1. The predicted octanol–water partition coefficient (Wildman–Crippen LogP) is 5.67. The number of nitrogens with zero attached hydrogens (tertiary/aromatic N) is 7. The fraction of sp³-hybridized carbons (Fsp3) is 0.404. The van der Waals surface area contributed by atoms with Gasteiger partial charge in [-0.05, 0) is 123 Å². The van der Waals surface area contributed by atoms with Gasteiger partial charge in [0.1, 0.15) is 18.0 Å². The van der Waals surface area contributed by atoms with E-state index in [1.54, 1.807) is 30.7 Å². The molecule has 322 valence electrons. The molecular formula is C47H53FN10O4. The average molecular weight is 841 g/mol. The molecule has 0 aliphatic carbocycles. The average Bonchev–Trinajstić information content (AvgIpc) is 3.97. The van der Waals surface area contributed by atoms with E-state index in [1.165, 1.54) is 40.9 Å². The van der Waals surface area contributed by atoms with Crippen molar-refractivity contribution in [1.29, 1.82) is 0 Å². The van der Waals surface area contributed by atoms with E-state index in [0.717, 1.165) is 82.0 Å². The Labute approximate surface area is 360 Å². The first kappa shape index (κ1) is 41.2. The zero-order chi connectivity index (χ0) is 42.7. The van der Waals surface area contributed by atoms with Crippen LogP contribution in [-0.2, 0) is 22.7 Å². The van der Waals surface area contributed by atoms with E-state index in [0.29, 0.717) is 40.8 Å². The molecule has 5 aromatic rings. The second kappa shape index (κ2) is 18.0. The van der Waals surface area contributed by atoms with E-state index in [1.807, 2.05) is 31.2 Å². The summed E-state index contributed by atoms with van der Waals surface area (Å²) < 4.78 is 20.8. The van der Waals surface area contributed by atoms with Gasteiger partial charge in [0.25, 0.3) is 5.91 Å². The van der Waals surface area contributed by atoms with E-state index >= 15 is 0 Å². The molecule has 15 heteroatoms. The van der Waals surface area contributed by atoms with Crippen LogP contribution in [-0.4, -0.2) is 92.8 Å². The highest BCUT2D eigenvalue weighted by Gasteiger charge is 2.31. The summed E-state index contributed by atoms with van der Waals surface area (Å²) in [5.41, 5.74) is 13.8. The number of anilines is 2. The van der Waals surface area contributed by atoms with Gasteiger partial charge in [0.2, 0.25) is 11.8 Å². The van der Waals surface area contributed by atoms with Crippen molar-refractivity contribution in [3.8, 4) is 22.6 Å². The molecule has 9 rings (SSSR count). The number of carbonyl (C=O) groups excluding carboxylic acids is 3. The number of likely N-dealkylation sites (tertiary alicyclic amines) is 1. The first-order chi connectivity index (χ1) is 30.1. The van der Waals surface area contributed by atoms with Crippen molar-refractivity contribution >= 4 is 29.2 Å². The first-order valence-electron chi connectivity index (χ1n) is 21.8. The number of fused-ring (bicyclic) bond motifs is 1. The fourth-order valence-electron chi connectivity index (χ4n) is 9.59. The molecule has 2 atom stereocenters. The number of pyridine rings is 1. The summed E-state index contributed by atoms with van der Waals surface area (Å²) in [6.45, 7) is 9.96. The number of nitrogen functional groups attached to an aromatic ring is 1. The van der Waals surface area contributed by atoms with E-state index in [-0.39, 0.29) is 29.9 Å². The summed E-state index contributed by atoms with van der Waals surface area (Å²) in [6, 6.07) is 19.8. The van der Waals surface area contributed by atoms with Crippen LogP contribution >= 0.6 is 0 Å². The van der Waals surface area contributed by atoms with E-state index in [9.17, 15) is 18.8 Å². The van der Waals surface area contributed by atoms with Gasteiger partial charge in [0, 0.05) is 74.3 Å². The van der Waals surface area contributed by atoms with Gasteiger partial charge >= 0.3 is 0 Å². The number of hydrogen-bond donors (Lipinski definition) is 3. The number of aromatic nitrogens is 4.